The molecule has 6 nitrogen and oxygen atoms in total. The van der Waals surface area contributed by atoms with E-state index in [1.165, 1.54) is 0 Å². The fourth-order valence-corrected chi connectivity index (χ4v) is 4.45. The lowest BCUT2D eigenvalue weighted by atomic mass is 10.0. The van der Waals surface area contributed by atoms with Gasteiger partial charge in [-0.3, -0.25) is 9.59 Å². The Kier molecular flexibility index (Phi) is 6.27. The summed E-state index contributed by atoms with van der Waals surface area (Å²) in [6.07, 6.45) is -0.291. The summed E-state index contributed by atoms with van der Waals surface area (Å²) in [5.74, 6) is -0.638. The van der Waals surface area contributed by atoms with Gasteiger partial charge in [-0.15, -0.1) is 0 Å². The number of aromatic nitrogens is 1. The average molecular weight is 515 g/mol. The molecule has 3 aromatic carbocycles. The number of H-pyrrole nitrogens is 1. The molecule has 0 aliphatic carbocycles. The molecule has 0 saturated carbocycles. The number of hydrogen-bond acceptors (Lipinski definition) is 3. The van der Waals surface area contributed by atoms with Gasteiger partial charge in [0, 0.05) is 33.9 Å². The highest BCUT2D eigenvalue weighted by molar-refractivity contribution is 9.09. The van der Waals surface area contributed by atoms with Crippen molar-refractivity contribution in [3.05, 3.63) is 102 Å². The number of aliphatic imine (C=N–C) groups is 1. The van der Waals surface area contributed by atoms with Gasteiger partial charge >= 0.3 is 0 Å². The predicted octanol–water partition coefficient (Wildman–Crippen LogP) is 4.89. The average Bonchev–Trinajstić information content (AvgIpc) is 3.28. The van der Waals surface area contributed by atoms with Crippen molar-refractivity contribution in [3.63, 3.8) is 0 Å². The van der Waals surface area contributed by atoms with Gasteiger partial charge in [-0.25, -0.2) is 4.99 Å². The van der Waals surface area contributed by atoms with Crippen LogP contribution in [0, 0.1) is 0 Å². The van der Waals surface area contributed by atoms with Crippen molar-refractivity contribution < 1.29 is 9.59 Å². The first-order chi connectivity index (χ1) is 16.7. The molecule has 1 aliphatic heterocycles. The SMILES string of the molecule is O=C(NC1N=C(c2ccccc2)c2ccccc2N(CCCBr)C1=O)c1cc2ccccc2[nH]1. The summed E-state index contributed by atoms with van der Waals surface area (Å²) in [7, 11) is 0. The molecule has 0 radical (unpaired) electrons. The highest BCUT2D eigenvalue weighted by Crippen LogP contribution is 2.28. The van der Waals surface area contributed by atoms with Crippen LogP contribution in [0.5, 0.6) is 0 Å². The Labute approximate surface area is 205 Å². The third kappa shape index (κ3) is 4.26. The molecule has 1 atom stereocenters. The third-order valence-electron chi connectivity index (χ3n) is 5.81. The molecule has 2 amide bonds. The number of amides is 2. The molecule has 0 bridgehead atoms. The normalized spacial score (nSPS) is 15.6. The largest absolute Gasteiger partial charge is 0.351 e. The molecule has 170 valence electrons. The molecule has 2 heterocycles. The van der Waals surface area contributed by atoms with E-state index in [2.05, 4.69) is 26.2 Å². The van der Waals surface area contributed by atoms with Gasteiger partial charge in [-0.1, -0.05) is 82.7 Å². The number of benzene rings is 3. The molecule has 1 unspecified atom stereocenters. The lowest BCUT2D eigenvalue weighted by Crippen LogP contribution is -2.47. The number of nitrogens with one attached hydrogen (secondary N) is 2. The van der Waals surface area contributed by atoms with Gasteiger partial charge < -0.3 is 15.2 Å². The van der Waals surface area contributed by atoms with Crippen molar-refractivity contribution in [3.8, 4) is 0 Å². The minimum Gasteiger partial charge on any atom is -0.351 e. The van der Waals surface area contributed by atoms with Crippen LogP contribution >= 0.6 is 15.9 Å². The number of alkyl halides is 1. The Morgan fingerprint density at radius 2 is 1.74 bits per heavy atom. The van der Waals surface area contributed by atoms with E-state index in [0.29, 0.717) is 18.0 Å². The number of anilines is 1. The molecule has 0 spiro atoms. The Morgan fingerprint density at radius 3 is 2.53 bits per heavy atom. The number of benzodiazepines with no additional fused rings is 1. The van der Waals surface area contributed by atoms with Crippen molar-refractivity contribution in [2.45, 2.75) is 12.6 Å². The Balaban J connectivity index is 1.57. The van der Waals surface area contributed by atoms with Crippen molar-refractivity contribution in [2.75, 3.05) is 16.8 Å². The van der Waals surface area contributed by atoms with Gasteiger partial charge in [0.1, 0.15) is 5.69 Å². The standard InChI is InChI=1S/C27H23BrN4O2/c28-15-8-16-32-23-14-7-5-12-20(23)24(18-9-2-1-3-10-18)30-25(27(32)34)31-26(33)22-17-19-11-4-6-13-21(19)29-22/h1-7,9-14,17,25,29H,8,15-16H2,(H,31,33). The van der Waals surface area contributed by atoms with Crippen LogP contribution < -0.4 is 10.2 Å². The van der Waals surface area contributed by atoms with Crippen LogP contribution in [-0.2, 0) is 4.79 Å². The number of para-hydroxylation sites is 2. The molecular formula is C27H23BrN4O2. The molecule has 2 N–H and O–H groups in total. The van der Waals surface area contributed by atoms with Gasteiger partial charge in [0.25, 0.3) is 11.8 Å². The first-order valence-electron chi connectivity index (χ1n) is 11.1. The number of aromatic amines is 1. The molecule has 0 fully saturated rings. The minimum absolute atomic E-state index is 0.260. The smallest absolute Gasteiger partial charge is 0.272 e. The number of nitrogens with zero attached hydrogens (tertiary/aromatic N) is 2. The second-order valence-electron chi connectivity index (χ2n) is 8.04. The van der Waals surface area contributed by atoms with Crippen LogP contribution in [-0.4, -0.2) is 40.6 Å². The number of carbonyl (C=O) groups is 2. The summed E-state index contributed by atoms with van der Waals surface area (Å²) in [6, 6.07) is 27.0. The van der Waals surface area contributed by atoms with E-state index >= 15 is 0 Å². The minimum atomic E-state index is -1.06. The summed E-state index contributed by atoms with van der Waals surface area (Å²) in [6.45, 7) is 0.511. The first-order valence-corrected chi connectivity index (χ1v) is 12.3. The van der Waals surface area contributed by atoms with Crippen molar-refractivity contribution in [2.24, 2.45) is 4.99 Å². The van der Waals surface area contributed by atoms with Gasteiger partial charge in [-0.05, 0) is 24.6 Å². The number of fused-ring (bicyclic) bond motifs is 2. The van der Waals surface area contributed by atoms with Crippen molar-refractivity contribution >= 4 is 50.0 Å². The van der Waals surface area contributed by atoms with Crippen molar-refractivity contribution in [1.29, 1.82) is 0 Å². The topological polar surface area (TPSA) is 77.6 Å². The predicted molar refractivity (Wildman–Crippen MR) is 139 cm³/mol. The number of carbonyl (C=O) groups excluding carboxylic acids is 2. The second-order valence-corrected chi connectivity index (χ2v) is 8.83. The molecule has 0 saturated heterocycles. The van der Waals surface area contributed by atoms with E-state index < -0.39 is 6.17 Å². The summed E-state index contributed by atoms with van der Waals surface area (Å²) in [4.78, 5) is 36.6. The Bertz CT molecular complexity index is 1350. The van der Waals surface area contributed by atoms with Crippen LogP contribution in [0.15, 0.2) is 89.9 Å². The fourth-order valence-electron chi connectivity index (χ4n) is 4.20. The van der Waals surface area contributed by atoms with E-state index in [4.69, 9.17) is 4.99 Å². The van der Waals surface area contributed by atoms with Crippen LogP contribution in [0.2, 0.25) is 0 Å². The quantitative estimate of drug-likeness (QED) is 0.359. The second kappa shape index (κ2) is 9.65. The van der Waals surface area contributed by atoms with E-state index in [1.54, 1.807) is 11.0 Å². The monoisotopic (exact) mass is 514 g/mol. The lowest BCUT2D eigenvalue weighted by Gasteiger charge is -2.25. The van der Waals surface area contributed by atoms with Gasteiger partial charge in [0.2, 0.25) is 6.17 Å². The van der Waals surface area contributed by atoms with Gasteiger partial charge in [-0.2, -0.15) is 0 Å². The molecule has 1 aromatic heterocycles. The molecule has 1 aliphatic rings. The highest BCUT2D eigenvalue weighted by Gasteiger charge is 2.33. The van der Waals surface area contributed by atoms with Gasteiger partial charge in [0.05, 0.1) is 11.4 Å². The number of halogens is 1. The molecule has 7 heteroatoms. The van der Waals surface area contributed by atoms with Crippen LogP contribution in [0.3, 0.4) is 0 Å². The van der Waals surface area contributed by atoms with Crippen LogP contribution in [0.1, 0.15) is 28.0 Å². The summed E-state index contributed by atoms with van der Waals surface area (Å²) >= 11 is 3.47. The molecular weight excluding hydrogens is 492 g/mol. The number of rotatable bonds is 6. The van der Waals surface area contributed by atoms with E-state index in [0.717, 1.165) is 39.5 Å². The maximum Gasteiger partial charge on any atom is 0.272 e. The summed E-state index contributed by atoms with van der Waals surface area (Å²) in [5.41, 5.74) is 4.46. The number of hydrogen-bond donors (Lipinski definition) is 2. The third-order valence-corrected chi connectivity index (χ3v) is 6.37. The summed E-state index contributed by atoms with van der Waals surface area (Å²) < 4.78 is 0. The van der Waals surface area contributed by atoms with Crippen LogP contribution in [0.4, 0.5) is 5.69 Å². The molecule has 4 aromatic rings. The Hall–Kier alpha value is -3.71. The molecule has 5 rings (SSSR count). The van der Waals surface area contributed by atoms with E-state index in [-0.39, 0.29) is 11.8 Å². The lowest BCUT2D eigenvalue weighted by molar-refractivity contribution is -0.120. The zero-order valence-corrected chi connectivity index (χ0v) is 20.0. The maximum atomic E-state index is 13.7. The molecule has 34 heavy (non-hydrogen) atoms. The van der Waals surface area contributed by atoms with Gasteiger partial charge in [0.15, 0.2) is 0 Å². The van der Waals surface area contributed by atoms with Crippen molar-refractivity contribution in [1.82, 2.24) is 10.3 Å². The maximum absolute atomic E-state index is 13.7. The van der Waals surface area contributed by atoms with Crippen LogP contribution in [0.25, 0.3) is 10.9 Å². The fraction of sp³-hybridized carbons (Fsp3) is 0.148. The van der Waals surface area contributed by atoms with E-state index in [1.807, 2.05) is 78.9 Å². The zero-order valence-electron chi connectivity index (χ0n) is 18.4. The summed E-state index contributed by atoms with van der Waals surface area (Å²) in [5, 5.41) is 4.56. The first kappa shape index (κ1) is 22.1. The highest BCUT2D eigenvalue weighted by atomic mass is 79.9. The van der Waals surface area contributed by atoms with E-state index in [9.17, 15) is 9.59 Å². The Morgan fingerprint density at radius 1 is 1.00 bits per heavy atom. The zero-order chi connectivity index (χ0) is 23.5.